The van der Waals surface area contributed by atoms with Crippen LogP contribution >= 0.6 is 0 Å². The summed E-state index contributed by atoms with van der Waals surface area (Å²) in [7, 11) is 0. The third-order valence-corrected chi connectivity index (χ3v) is 3.50. The molecule has 0 amide bonds. The van der Waals surface area contributed by atoms with Gasteiger partial charge in [-0.2, -0.15) is 0 Å². The number of carbonyl (C=O) groups is 1. The molecule has 112 valence electrons. The number of aliphatic carboxylic acids is 1. The second kappa shape index (κ2) is 15.3. The highest BCUT2D eigenvalue weighted by molar-refractivity contribution is 5.66. The molecule has 0 aromatic rings. The van der Waals surface area contributed by atoms with Crippen LogP contribution < -0.4 is 0 Å². The molecule has 0 aromatic heterocycles. The monoisotopic (exact) mass is 268 g/mol. The van der Waals surface area contributed by atoms with E-state index in [1.807, 2.05) is 0 Å². The van der Waals surface area contributed by atoms with Gasteiger partial charge in [0.15, 0.2) is 0 Å². The SMILES string of the molecule is C/C=C\CCCCCCCCCCCCCC(=O)O. The number of allylic oxidation sites excluding steroid dienone is 2. The topological polar surface area (TPSA) is 37.3 Å². The Morgan fingerprint density at radius 1 is 0.789 bits per heavy atom. The Balaban J connectivity index is 2.97. The van der Waals surface area contributed by atoms with Crippen LogP contribution in [0.1, 0.15) is 90.4 Å². The van der Waals surface area contributed by atoms with Gasteiger partial charge in [0.2, 0.25) is 0 Å². The first-order chi connectivity index (χ1) is 9.27. The van der Waals surface area contributed by atoms with E-state index in [2.05, 4.69) is 19.1 Å². The van der Waals surface area contributed by atoms with Crippen molar-refractivity contribution in [2.24, 2.45) is 0 Å². The number of hydrogen-bond donors (Lipinski definition) is 1. The second-order valence-electron chi connectivity index (χ2n) is 5.39. The van der Waals surface area contributed by atoms with Crippen molar-refractivity contribution in [1.82, 2.24) is 0 Å². The molecule has 0 heterocycles. The molecule has 0 fully saturated rings. The van der Waals surface area contributed by atoms with Crippen molar-refractivity contribution >= 4 is 5.97 Å². The zero-order valence-electron chi connectivity index (χ0n) is 12.7. The first kappa shape index (κ1) is 18.2. The van der Waals surface area contributed by atoms with Gasteiger partial charge in [-0.25, -0.2) is 0 Å². The minimum absolute atomic E-state index is 0.340. The molecule has 0 radical (unpaired) electrons. The van der Waals surface area contributed by atoms with Crippen LogP contribution in [-0.2, 0) is 4.79 Å². The van der Waals surface area contributed by atoms with Crippen LogP contribution in [0.5, 0.6) is 0 Å². The standard InChI is InChI=1S/C17H32O2/c1-2-3-4-5-6-7-8-9-10-11-12-13-14-15-16-17(18)19/h2-3H,4-16H2,1H3,(H,18,19)/b3-2-. The van der Waals surface area contributed by atoms with Gasteiger partial charge in [-0.15, -0.1) is 0 Å². The molecule has 0 aliphatic rings. The summed E-state index contributed by atoms with van der Waals surface area (Å²) in [6, 6.07) is 0. The highest BCUT2D eigenvalue weighted by Gasteiger charge is 1.96. The summed E-state index contributed by atoms with van der Waals surface area (Å²) >= 11 is 0. The Bertz CT molecular complexity index is 221. The summed E-state index contributed by atoms with van der Waals surface area (Å²) in [5, 5.41) is 8.50. The number of carboxylic acids is 1. The lowest BCUT2D eigenvalue weighted by molar-refractivity contribution is -0.137. The highest BCUT2D eigenvalue weighted by atomic mass is 16.4. The Kier molecular flexibility index (Phi) is 14.6. The van der Waals surface area contributed by atoms with Crippen molar-refractivity contribution in [3.05, 3.63) is 12.2 Å². The molecule has 0 unspecified atom stereocenters. The molecular formula is C17H32O2. The molecule has 0 atom stereocenters. The van der Waals surface area contributed by atoms with Crippen molar-refractivity contribution < 1.29 is 9.90 Å². The maximum absolute atomic E-state index is 10.3. The number of unbranched alkanes of at least 4 members (excludes halogenated alkanes) is 11. The van der Waals surface area contributed by atoms with Gasteiger partial charge in [-0.05, 0) is 26.2 Å². The Morgan fingerprint density at radius 3 is 1.63 bits per heavy atom. The van der Waals surface area contributed by atoms with Crippen LogP contribution in [-0.4, -0.2) is 11.1 Å². The predicted octanol–water partition coefficient (Wildman–Crippen LogP) is 5.72. The number of rotatable bonds is 14. The van der Waals surface area contributed by atoms with Gasteiger partial charge >= 0.3 is 5.97 Å². The van der Waals surface area contributed by atoms with Crippen molar-refractivity contribution in [3.8, 4) is 0 Å². The third kappa shape index (κ3) is 17.2. The minimum Gasteiger partial charge on any atom is -0.481 e. The van der Waals surface area contributed by atoms with Gasteiger partial charge in [-0.1, -0.05) is 69.9 Å². The van der Waals surface area contributed by atoms with E-state index in [9.17, 15) is 4.79 Å². The van der Waals surface area contributed by atoms with E-state index in [4.69, 9.17) is 5.11 Å². The molecule has 0 spiro atoms. The van der Waals surface area contributed by atoms with Gasteiger partial charge in [0.1, 0.15) is 0 Å². The fourth-order valence-corrected chi connectivity index (χ4v) is 2.30. The summed E-state index contributed by atoms with van der Waals surface area (Å²) in [6.45, 7) is 2.08. The Morgan fingerprint density at radius 2 is 1.21 bits per heavy atom. The van der Waals surface area contributed by atoms with Crippen molar-refractivity contribution in [2.45, 2.75) is 90.4 Å². The van der Waals surface area contributed by atoms with Gasteiger partial charge in [0.25, 0.3) is 0 Å². The van der Waals surface area contributed by atoms with Crippen molar-refractivity contribution in [1.29, 1.82) is 0 Å². The van der Waals surface area contributed by atoms with Crippen LogP contribution in [0.3, 0.4) is 0 Å². The Hall–Kier alpha value is -0.790. The number of hydrogen-bond acceptors (Lipinski definition) is 1. The summed E-state index contributed by atoms with van der Waals surface area (Å²) in [5.41, 5.74) is 0. The normalized spacial score (nSPS) is 11.2. The summed E-state index contributed by atoms with van der Waals surface area (Å²) in [5.74, 6) is -0.658. The van der Waals surface area contributed by atoms with Crippen LogP contribution in [0.25, 0.3) is 0 Å². The Labute approximate surface area is 119 Å². The average molecular weight is 268 g/mol. The molecular weight excluding hydrogens is 236 g/mol. The molecule has 0 aliphatic carbocycles. The lowest BCUT2D eigenvalue weighted by Crippen LogP contribution is -1.93. The molecule has 1 N–H and O–H groups in total. The van der Waals surface area contributed by atoms with E-state index in [0.717, 1.165) is 12.8 Å². The third-order valence-electron chi connectivity index (χ3n) is 3.50. The van der Waals surface area contributed by atoms with E-state index in [1.165, 1.54) is 64.2 Å². The van der Waals surface area contributed by atoms with Gasteiger partial charge in [0, 0.05) is 6.42 Å². The largest absolute Gasteiger partial charge is 0.481 e. The average Bonchev–Trinajstić information content (AvgIpc) is 2.39. The first-order valence-electron chi connectivity index (χ1n) is 8.10. The van der Waals surface area contributed by atoms with Crippen LogP contribution in [0.2, 0.25) is 0 Å². The second-order valence-corrected chi connectivity index (χ2v) is 5.39. The maximum Gasteiger partial charge on any atom is 0.303 e. The van der Waals surface area contributed by atoms with Crippen LogP contribution in [0.15, 0.2) is 12.2 Å². The van der Waals surface area contributed by atoms with E-state index >= 15 is 0 Å². The van der Waals surface area contributed by atoms with Crippen molar-refractivity contribution in [3.63, 3.8) is 0 Å². The molecule has 2 nitrogen and oxygen atoms in total. The smallest absolute Gasteiger partial charge is 0.303 e. The van der Waals surface area contributed by atoms with Crippen molar-refractivity contribution in [2.75, 3.05) is 0 Å². The first-order valence-corrected chi connectivity index (χ1v) is 8.10. The molecule has 0 saturated heterocycles. The molecule has 19 heavy (non-hydrogen) atoms. The summed E-state index contributed by atoms with van der Waals surface area (Å²) in [4.78, 5) is 10.3. The van der Waals surface area contributed by atoms with Crippen LogP contribution in [0, 0.1) is 0 Å². The number of carboxylic acid groups (broad SMARTS) is 1. The fourth-order valence-electron chi connectivity index (χ4n) is 2.30. The van der Waals surface area contributed by atoms with E-state index in [1.54, 1.807) is 0 Å². The summed E-state index contributed by atoms with van der Waals surface area (Å²) in [6.07, 6.45) is 19.9. The molecule has 2 heteroatoms. The quantitative estimate of drug-likeness (QED) is 0.323. The van der Waals surface area contributed by atoms with Crippen LogP contribution in [0.4, 0.5) is 0 Å². The molecule has 0 saturated carbocycles. The minimum atomic E-state index is -0.658. The van der Waals surface area contributed by atoms with Gasteiger partial charge in [0.05, 0.1) is 0 Å². The maximum atomic E-state index is 10.3. The summed E-state index contributed by atoms with van der Waals surface area (Å²) < 4.78 is 0. The highest BCUT2D eigenvalue weighted by Crippen LogP contribution is 2.12. The zero-order chi connectivity index (χ0) is 14.2. The predicted molar refractivity (Wildman–Crippen MR) is 82.5 cm³/mol. The van der Waals surface area contributed by atoms with E-state index in [0.29, 0.717) is 6.42 Å². The van der Waals surface area contributed by atoms with Gasteiger partial charge in [-0.3, -0.25) is 4.79 Å². The molecule has 0 aliphatic heterocycles. The fraction of sp³-hybridized carbons (Fsp3) is 0.824. The van der Waals surface area contributed by atoms with Gasteiger partial charge < -0.3 is 5.11 Å². The van der Waals surface area contributed by atoms with E-state index in [-0.39, 0.29) is 0 Å². The lowest BCUT2D eigenvalue weighted by atomic mass is 10.0. The zero-order valence-corrected chi connectivity index (χ0v) is 12.7. The lowest BCUT2D eigenvalue weighted by Gasteiger charge is -2.02. The molecule has 0 aromatic carbocycles. The molecule has 0 bridgehead atoms. The molecule has 0 rings (SSSR count). The van der Waals surface area contributed by atoms with E-state index < -0.39 is 5.97 Å².